The number of methoxy groups -OCH3 is 1. The van der Waals surface area contributed by atoms with Gasteiger partial charge in [0.25, 0.3) is 0 Å². The number of unbranched alkanes of at least 4 members (excludes halogenated alkanes) is 6. The highest BCUT2D eigenvalue weighted by Gasteiger charge is 2.47. The van der Waals surface area contributed by atoms with Crippen LogP contribution in [-0.2, 0) is 19.0 Å². The van der Waals surface area contributed by atoms with Gasteiger partial charge in [-0.3, -0.25) is 4.79 Å². The molecule has 0 radical (unpaired) electrons. The first-order chi connectivity index (χ1) is 11.2. The molecule has 0 amide bonds. The SMILES string of the molecule is CCCCC[C@H]1O[C@H]1C[C@@H]1O[C@@H]1CCCCCCCC(=O)OC. The molecule has 4 heteroatoms. The summed E-state index contributed by atoms with van der Waals surface area (Å²) in [6.45, 7) is 2.24. The summed E-state index contributed by atoms with van der Waals surface area (Å²) in [5, 5.41) is 0. The molecule has 4 nitrogen and oxygen atoms in total. The molecule has 0 bridgehead atoms. The van der Waals surface area contributed by atoms with Gasteiger partial charge in [-0.2, -0.15) is 0 Å². The zero-order valence-corrected chi connectivity index (χ0v) is 14.9. The van der Waals surface area contributed by atoms with E-state index in [1.807, 2.05) is 0 Å². The van der Waals surface area contributed by atoms with Gasteiger partial charge in [-0.1, -0.05) is 51.9 Å². The number of epoxide rings is 2. The molecule has 0 aromatic carbocycles. The molecule has 4 atom stereocenters. The molecule has 2 heterocycles. The summed E-state index contributed by atoms with van der Waals surface area (Å²) in [4.78, 5) is 11.0. The Morgan fingerprint density at radius 2 is 1.39 bits per heavy atom. The first-order valence-corrected chi connectivity index (χ1v) is 9.62. The Hall–Kier alpha value is -0.610. The van der Waals surface area contributed by atoms with Crippen molar-refractivity contribution in [1.82, 2.24) is 0 Å². The van der Waals surface area contributed by atoms with Gasteiger partial charge in [-0.25, -0.2) is 0 Å². The molecule has 134 valence electrons. The van der Waals surface area contributed by atoms with Gasteiger partial charge in [-0.15, -0.1) is 0 Å². The maximum Gasteiger partial charge on any atom is 0.305 e. The maximum atomic E-state index is 11.0. The average molecular weight is 326 g/mol. The number of ether oxygens (including phenoxy) is 3. The summed E-state index contributed by atoms with van der Waals surface area (Å²) >= 11 is 0. The molecule has 2 saturated heterocycles. The molecule has 0 aromatic heterocycles. The smallest absolute Gasteiger partial charge is 0.305 e. The van der Waals surface area contributed by atoms with Gasteiger partial charge in [0.15, 0.2) is 0 Å². The molecule has 0 saturated carbocycles. The summed E-state index contributed by atoms with van der Waals surface area (Å²) < 4.78 is 16.2. The average Bonchev–Trinajstić information content (AvgIpc) is 3.46. The highest BCUT2D eigenvalue weighted by molar-refractivity contribution is 5.68. The summed E-state index contributed by atoms with van der Waals surface area (Å²) in [7, 11) is 1.45. The van der Waals surface area contributed by atoms with Gasteiger partial charge in [0.1, 0.15) is 0 Å². The van der Waals surface area contributed by atoms with Crippen LogP contribution in [0.15, 0.2) is 0 Å². The Labute approximate surface area is 141 Å². The fourth-order valence-electron chi connectivity index (χ4n) is 3.35. The Bertz CT molecular complexity index is 344. The molecule has 0 aromatic rings. The lowest BCUT2D eigenvalue weighted by Crippen LogP contribution is -2.02. The van der Waals surface area contributed by atoms with Crippen molar-refractivity contribution < 1.29 is 19.0 Å². The summed E-state index contributed by atoms with van der Waals surface area (Å²) in [5.41, 5.74) is 0. The fraction of sp³-hybridized carbons (Fsp3) is 0.947. The van der Waals surface area contributed by atoms with Crippen molar-refractivity contribution in [3.8, 4) is 0 Å². The number of hydrogen-bond donors (Lipinski definition) is 0. The summed E-state index contributed by atoms with van der Waals surface area (Å²) in [5.74, 6) is -0.0884. The quantitative estimate of drug-likeness (QED) is 0.270. The molecule has 2 rings (SSSR count). The molecular weight excluding hydrogens is 292 g/mol. The van der Waals surface area contributed by atoms with Crippen molar-refractivity contribution in [2.24, 2.45) is 0 Å². The van der Waals surface area contributed by atoms with Crippen molar-refractivity contribution in [3.63, 3.8) is 0 Å². The van der Waals surface area contributed by atoms with Crippen LogP contribution in [0.5, 0.6) is 0 Å². The van der Waals surface area contributed by atoms with Gasteiger partial charge >= 0.3 is 5.97 Å². The fourth-order valence-corrected chi connectivity index (χ4v) is 3.35. The van der Waals surface area contributed by atoms with Crippen LogP contribution in [0.1, 0.15) is 84.0 Å². The largest absolute Gasteiger partial charge is 0.469 e. The van der Waals surface area contributed by atoms with Crippen LogP contribution < -0.4 is 0 Å². The first-order valence-electron chi connectivity index (χ1n) is 9.62. The van der Waals surface area contributed by atoms with E-state index in [9.17, 15) is 4.79 Å². The molecule has 0 aliphatic carbocycles. The third kappa shape index (κ3) is 7.67. The van der Waals surface area contributed by atoms with E-state index in [-0.39, 0.29) is 5.97 Å². The minimum atomic E-state index is -0.0884. The van der Waals surface area contributed by atoms with Crippen molar-refractivity contribution in [2.45, 2.75) is 108 Å². The van der Waals surface area contributed by atoms with Gasteiger partial charge in [0.05, 0.1) is 31.5 Å². The predicted molar refractivity (Wildman–Crippen MR) is 90.4 cm³/mol. The van der Waals surface area contributed by atoms with Crippen LogP contribution in [0, 0.1) is 0 Å². The maximum absolute atomic E-state index is 11.0. The van der Waals surface area contributed by atoms with Crippen LogP contribution in [0.4, 0.5) is 0 Å². The van der Waals surface area contributed by atoms with E-state index in [0.29, 0.717) is 30.8 Å². The van der Waals surface area contributed by atoms with Gasteiger partial charge in [-0.05, 0) is 19.3 Å². The third-order valence-corrected chi connectivity index (χ3v) is 5.03. The number of hydrogen-bond acceptors (Lipinski definition) is 4. The molecule has 23 heavy (non-hydrogen) atoms. The van der Waals surface area contributed by atoms with Crippen LogP contribution in [-0.4, -0.2) is 37.5 Å². The lowest BCUT2D eigenvalue weighted by atomic mass is 10.0. The topological polar surface area (TPSA) is 51.4 Å². The number of carbonyl (C=O) groups is 1. The predicted octanol–water partition coefficient (Wildman–Crippen LogP) is 4.40. The molecular formula is C19H34O4. The highest BCUT2D eigenvalue weighted by Crippen LogP contribution is 2.39. The minimum Gasteiger partial charge on any atom is -0.469 e. The van der Waals surface area contributed by atoms with Crippen molar-refractivity contribution in [2.75, 3.05) is 7.11 Å². The summed E-state index contributed by atoms with van der Waals surface area (Å²) in [6, 6.07) is 0. The van der Waals surface area contributed by atoms with Gasteiger partial charge in [0, 0.05) is 12.8 Å². The van der Waals surface area contributed by atoms with E-state index in [1.165, 1.54) is 58.5 Å². The second-order valence-corrected chi connectivity index (χ2v) is 7.04. The van der Waals surface area contributed by atoms with Crippen LogP contribution in [0.3, 0.4) is 0 Å². The third-order valence-electron chi connectivity index (χ3n) is 5.03. The standard InChI is InChI=1S/C19H34O4/c1-3-4-8-11-15-17(22-15)14-18-16(23-18)12-9-6-5-7-10-13-19(20)21-2/h15-18H,3-14H2,1-2H3/t15-,16-,17+,18+/m1/s1. The van der Waals surface area contributed by atoms with Crippen LogP contribution in [0.2, 0.25) is 0 Å². The van der Waals surface area contributed by atoms with Crippen LogP contribution in [0.25, 0.3) is 0 Å². The van der Waals surface area contributed by atoms with E-state index < -0.39 is 0 Å². The molecule has 0 N–H and O–H groups in total. The van der Waals surface area contributed by atoms with Crippen molar-refractivity contribution >= 4 is 5.97 Å². The van der Waals surface area contributed by atoms with E-state index in [4.69, 9.17) is 9.47 Å². The molecule has 2 fully saturated rings. The number of carbonyl (C=O) groups excluding carboxylic acids is 1. The molecule has 2 aliphatic heterocycles. The molecule has 0 spiro atoms. The number of esters is 1. The van der Waals surface area contributed by atoms with E-state index in [2.05, 4.69) is 11.7 Å². The van der Waals surface area contributed by atoms with Crippen molar-refractivity contribution in [3.05, 3.63) is 0 Å². The second kappa shape index (κ2) is 10.3. The summed E-state index contributed by atoms with van der Waals surface area (Å²) in [6.07, 6.45) is 15.8. The van der Waals surface area contributed by atoms with E-state index in [0.717, 1.165) is 19.3 Å². The number of rotatable bonds is 14. The zero-order chi connectivity index (χ0) is 16.5. The van der Waals surface area contributed by atoms with Gasteiger partial charge in [0.2, 0.25) is 0 Å². The van der Waals surface area contributed by atoms with E-state index >= 15 is 0 Å². The van der Waals surface area contributed by atoms with Crippen molar-refractivity contribution in [1.29, 1.82) is 0 Å². The first kappa shape index (κ1) is 18.7. The Morgan fingerprint density at radius 3 is 2.00 bits per heavy atom. The van der Waals surface area contributed by atoms with Gasteiger partial charge < -0.3 is 14.2 Å². The lowest BCUT2D eigenvalue weighted by molar-refractivity contribution is -0.140. The van der Waals surface area contributed by atoms with E-state index in [1.54, 1.807) is 0 Å². The Balaban J connectivity index is 1.35. The minimum absolute atomic E-state index is 0.0884. The molecule has 0 unspecified atom stereocenters. The second-order valence-electron chi connectivity index (χ2n) is 7.04. The monoisotopic (exact) mass is 326 g/mol. The highest BCUT2D eigenvalue weighted by atomic mass is 16.6. The lowest BCUT2D eigenvalue weighted by Gasteiger charge is -2.00. The zero-order valence-electron chi connectivity index (χ0n) is 14.9. The Morgan fingerprint density at radius 1 is 0.826 bits per heavy atom. The Kier molecular flexibility index (Phi) is 8.38. The normalized spacial score (nSPS) is 28.6. The van der Waals surface area contributed by atoms with Crippen LogP contribution >= 0.6 is 0 Å². The molecule has 2 aliphatic rings.